The fourth-order valence-electron chi connectivity index (χ4n) is 0.247. The first-order valence-electron chi connectivity index (χ1n) is 1.89. The van der Waals surface area contributed by atoms with Gasteiger partial charge in [0.05, 0.1) is 0 Å². The standard InChI is InChI=1S/C4H8O2S/c1-3-4-7(2,5)6/h3-4H,1-2H3/b4-3+. The summed E-state index contributed by atoms with van der Waals surface area (Å²) >= 11 is 0. The van der Waals surface area contributed by atoms with E-state index in [2.05, 4.69) is 0 Å². The monoisotopic (exact) mass is 120 g/mol. The molecule has 0 saturated carbocycles. The Hall–Kier alpha value is -0.310. The van der Waals surface area contributed by atoms with Crippen LogP contribution in [0.15, 0.2) is 11.5 Å². The van der Waals surface area contributed by atoms with Gasteiger partial charge in [-0.05, 0) is 6.92 Å². The van der Waals surface area contributed by atoms with Crippen LogP contribution >= 0.6 is 0 Å². The van der Waals surface area contributed by atoms with Gasteiger partial charge in [0.1, 0.15) is 0 Å². The van der Waals surface area contributed by atoms with Gasteiger partial charge in [0.25, 0.3) is 0 Å². The maximum atomic E-state index is 10.1. The molecule has 0 rings (SSSR count). The van der Waals surface area contributed by atoms with Crippen molar-refractivity contribution < 1.29 is 8.42 Å². The van der Waals surface area contributed by atoms with Crippen molar-refractivity contribution >= 4 is 9.84 Å². The van der Waals surface area contributed by atoms with E-state index in [-0.39, 0.29) is 0 Å². The van der Waals surface area contributed by atoms with Gasteiger partial charge in [-0.1, -0.05) is 6.08 Å². The van der Waals surface area contributed by atoms with E-state index in [1.165, 1.54) is 6.08 Å². The molecule has 0 aliphatic heterocycles. The van der Waals surface area contributed by atoms with E-state index in [0.717, 1.165) is 11.7 Å². The van der Waals surface area contributed by atoms with Crippen molar-refractivity contribution in [3.05, 3.63) is 11.5 Å². The van der Waals surface area contributed by atoms with Crippen LogP contribution in [0.1, 0.15) is 6.92 Å². The molecule has 2 nitrogen and oxygen atoms in total. The summed E-state index contributed by atoms with van der Waals surface area (Å²) in [5, 5.41) is 1.16. The second-order valence-electron chi connectivity index (χ2n) is 1.30. The Kier molecular flexibility index (Phi) is 2.02. The van der Waals surface area contributed by atoms with Crippen LogP contribution in [0.5, 0.6) is 0 Å². The van der Waals surface area contributed by atoms with Crippen LogP contribution in [0.4, 0.5) is 0 Å². The smallest absolute Gasteiger partial charge is 0.168 e. The molecule has 0 atom stereocenters. The zero-order valence-electron chi connectivity index (χ0n) is 4.38. The minimum absolute atomic E-state index is 1.16. The average Bonchev–Trinajstić information content (AvgIpc) is 1.30. The topological polar surface area (TPSA) is 34.1 Å². The Morgan fingerprint density at radius 1 is 1.43 bits per heavy atom. The summed E-state index contributed by atoms with van der Waals surface area (Å²) in [5.41, 5.74) is 0. The zero-order chi connectivity index (χ0) is 5.91. The van der Waals surface area contributed by atoms with Gasteiger partial charge in [-0.15, -0.1) is 0 Å². The Morgan fingerprint density at radius 3 is 1.86 bits per heavy atom. The molecule has 3 heteroatoms. The molecule has 0 aliphatic carbocycles. The fourth-order valence-corrected chi connectivity index (χ4v) is 0.742. The summed E-state index contributed by atoms with van der Waals surface area (Å²) in [6.07, 6.45) is 2.66. The first kappa shape index (κ1) is 6.69. The first-order chi connectivity index (χ1) is 3.06. The van der Waals surface area contributed by atoms with Crippen molar-refractivity contribution in [2.45, 2.75) is 6.92 Å². The van der Waals surface area contributed by atoms with E-state index >= 15 is 0 Å². The minimum atomic E-state index is -2.85. The summed E-state index contributed by atoms with van der Waals surface area (Å²) in [6, 6.07) is 0. The summed E-state index contributed by atoms with van der Waals surface area (Å²) in [5.74, 6) is 0. The van der Waals surface area contributed by atoms with Crippen LogP contribution in [0.3, 0.4) is 0 Å². The van der Waals surface area contributed by atoms with E-state index in [1.807, 2.05) is 0 Å². The van der Waals surface area contributed by atoms with Gasteiger partial charge < -0.3 is 0 Å². The normalized spacial score (nSPS) is 12.9. The van der Waals surface area contributed by atoms with Gasteiger partial charge in [0.15, 0.2) is 9.84 Å². The van der Waals surface area contributed by atoms with Crippen molar-refractivity contribution in [2.24, 2.45) is 0 Å². The van der Waals surface area contributed by atoms with E-state index in [4.69, 9.17) is 0 Å². The molecule has 0 spiro atoms. The van der Waals surface area contributed by atoms with Gasteiger partial charge in [-0.2, -0.15) is 0 Å². The highest BCUT2D eigenvalue weighted by molar-refractivity contribution is 7.93. The quantitative estimate of drug-likeness (QED) is 0.507. The lowest BCUT2D eigenvalue weighted by atomic mass is 10.8. The van der Waals surface area contributed by atoms with Crippen LogP contribution in [0.25, 0.3) is 0 Å². The number of allylic oxidation sites excluding steroid dienone is 1. The molecule has 0 aliphatic rings. The molecule has 0 bridgehead atoms. The van der Waals surface area contributed by atoms with E-state index in [1.54, 1.807) is 6.92 Å². The van der Waals surface area contributed by atoms with Gasteiger partial charge in [0.2, 0.25) is 0 Å². The molecule has 0 aromatic carbocycles. The lowest BCUT2D eigenvalue weighted by Crippen LogP contribution is -1.86. The van der Waals surface area contributed by atoms with Crippen molar-refractivity contribution in [1.82, 2.24) is 0 Å². The van der Waals surface area contributed by atoms with Crippen molar-refractivity contribution in [2.75, 3.05) is 6.26 Å². The summed E-state index contributed by atoms with van der Waals surface area (Å²) in [6.45, 7) is 1.67. The molecule has 7 heavy (non-hydrogen) atoms. The molecule has 42 valence electrons. The number of sulfone groups is 1. The molecule has 0 fully saturated rings. The average molecular weight is 120 g/mol. The lowest BCUT2D eigenvalue weighted by Gasteiger charge is -1.77. The van der Waals surface area contributed by atoms with Gasteiger partial charge in [-0.25, -0.2) is 8.42 Å². The highest BCUT2D eigenvalue weighted by Gasteiger charge is 1.87. The molecule has 0 N–H and O–H groups in total. The molecule has 0 unspecified atom stereocenters. The van der Waals surface area contributed by atoms with Crippen LogP contribution in [0.2, 0.25) is 0 Å². The Morgan fingerprint density at radius 2 is 1.86 bits per heavy atom. The zero-order valence-corrected chi connectivity index (χ0v) is 5.20. The second kappa shape index (κ2) is 2.12. The summed E-state index contributed by atoms with van der Waals surface area (Å²) in [4.78, 5) is 0. The molecule has 0 aromatic heterocycles. The number of rotatable bonds is 1. The van der Waals surface area contributed by atoms with Gasteiger partial charge in [-0.3, -0.25) is 0 Å². The lowest BCUT2D eigenvalue weighted by molar-refractivity contribution is 0.610. The fraction of sp³-hybridized carbons (Fsp3) is 0.500. The number of hydrogen-bond acceptors (Lipinski definition) is 2. The Balaban J connectivity index is 4.13. The maximum Gasteiger partial charge on any atom is 0.168 e. The predicted molar refractivity (Wildman–Crippen MR) is 29.7 cm³/mol. The molecule has 0 radical (unpaired) electrons. The van der Waals surface area contributed by atoms with Crippen LogP contribution in [-0.2, 0) is 9.84 Å². The van der Waals surface area contributed by atoms with Crippen molar-refractivity contribution in [3.8, 4) is 0 Å². The molecular formula is C4H8O2S. The minimum Gasteiger partial charge on any atom is -0.225 e. The van der Waals surface area contributed by atoms with Crippen LogP contribution in [0, 0.1) is 0 Å². The van der Waals surface area contributed by atoms with Gasteiger partial charge >= 0.3 is 0 Å². The van der Waals surface area contributed by atoms with Crippen molar-refractivity contribution in [3.63, 3.8) is 0 Å². The SMILES string of the molecule is C/C=C/S(C)(=O)=O. The van der Waals surface area contributed by atoms with Gasteiger partial charge in [0, 0.05) is 11.7 Å². The third-order valence-electron chi connectivity index (χ3n) is 0.383. The summed E-state index contributed by atoms with van der Waals surface area (Å²) in [7, 11) is -2.85. The molecule has 0 saturated heterocycles. The van der Waals surface area contributed by atoms with Crippen LogP contribution < -0.4 is 0 Å². The van der Waals surface area contributed by atoms with E-state index in [9.17, 15) is 8.42 Å². The highest BCUT2D eigenvalue weighted by Crippen LogP contribution is 1.81. The first-order valence-corrected chi connectivity index (χ1v) is 3.84. The third kappa shape index (κ3) is 5.69. The molecule has 0 aromatic rings. The van der Waals surface area contributed by atoms with Crippen LogP contribution in [-0.4, -0.2) is 14.7 Å². The third-order valence-corrected chi connectivity index (χ3v) is 1.15. The Labute approximate surface area is 43.8 Å². The van der Waals surface area contributed by atoms with E-state index in [0.29, 0.717) is 0 Å². The maximum absolute atomic E-state index is 10.1. The highest BCUT2D eigenvalue weighted by atomic mass is 32.2. The molecule has 0 amide bonds. The second-order valence-corrected chi connectivity index (χ2v) is 3.23. The molecular weight excluding hydrogens is 112 g/mol. The summed E-state index contributed by atoms with van der Waals surface area (Å²) < 4.78 is 20.3. The number of hydrogen-bond donors (Lipinski definition) is 0. The van der Waals surface area contributed by atoms with Crippen molar-refractivity contribution in [1.29, 1.82) is 0 Å². The Bertz CT molecular complexity index is 153. The predicted octanol–water partition coefficient (Wildman–Crippen LogP) is 0.565. The molecule has 0 heterocycles. The van der Waals surface area contributed by atoms with E-state index < -0.39 is 9.84 Å². The largest absolute Gasteiger partial charge is 0.225 e.